The molecule has 0 N–H and O–H groups in total. The molecule has 3 aromatic rings. The topological polar surface area (TPSA) is 34.9 Å². The van der Waals surface area contributed by atoms with Gasteiger partial charge >= 0.3 is 0 Å². The number of hydrogen-bond donors (Lipinski definition) is 0. The van der Waals surface area contributed by atoms with Gasteiger partial charge in [0, 0.05) is 19.7 Å². The van der Waals surface area contributed by atoms with Gasteiger partial charge in [0.1, 0.15) is 0 Å². The van der Waals surface area contributed by atoms with E-state index in [2.05, 4.69) is 5.10 Å². The molecule has 0 unspecified atom stereocenters. The third-order valence-corrected chi connectivity index (χ3v) is 3.98. The molecule has 0 aliphatic rings. The van der Waals surface area contributed by atoms with Crippen molar-refractivity contribution in [2.45, 2.75) is 13.3 Å². The van der Waals surface area contributed by atoms with Gasteiger partial charge in [-0.25, -0.2) is 13.2 Å². The highest BCUT2D eigenvalue weighted by atomic mass is 19.2. The number of aryl methyl sites for hydroxylation is 2. The number of aromatic nitrogens is 2. The number of Topliss-reactive ketones (excluding diaryl/α,β-unsaturated/α-hetero) is 1. The molecule has 0 bridgehead atoms. The zero-order valence-electron chi connectivity index (χ0n) is 13.7. The predicted octanol–water partition coefficient (Wildman–Crippen LogP) is 4.24. The summed E-state index contributed by atoms with van der Waals surface area (Å²) in [6, 6.07) is 8.63. The summed E-state index contributed by atoms with van der Waals surface area (Å²) in [6.45, 7) is 1.74. The Morgan fingerprint density at radius 2 is 1.76 bits per heavy atom. The van der Waals surface area contributed by atoms with Gasteiger partial charge in [-0.3, -0.25) is 9.48 Å². The molecule has 3 rings (SSSR count). The van der Waals surface area contributed by atoms with E-state index in [1.165, 1.54) is 0 Å². The fourth-order valence-electron chi connectivity index (χ4n) is 2.81. The Morgan fingerprint density at radius 3 is 2.36 bits per heavy atom. The fraction of sp³-hybridized carbons (Fsp3) is 0.158. The van der Waals surface area contributed by atoms with Crippen molar-refractivity contribution in [3.63, 3.8) is 0 Å². The number of carbonyl (C=O) groups excluding carboxylic acids is 1. The van der Waals surface area contributed by atoms with Crippen molar-refractivity contribution in [2.24, 2.45) is 7.05 Å². The Bertz CT molecular complexity index is 940. The highest BCUT2D eigenvalue weighted by Gasteiger charge is 2.17. The quantitative estimate of drug-likeness (QED) is 0.524. The summed E-state index contributed by atoms with van der Waals surface area (Å²) in [7, 11) is 1.72. The summed E-state index contributed by atoms with van der Waals surface area (Å²) in [5.74, 6) is -4.19. The predicted molar refractivity (Wildman–Crippen MR) is 87.7 cm³/mol. The van der Waals surface area contributed by atoms with Crippen molar-refractivity contribution in [1.82, 2.24) is 9.78 Å². The first kappa shape index (κ1) is 17.0. The van der Waals surface area contributed by atoms with Crippen molar-refractivity contribution < 1.29 is 18.0 Å². The zero-order chi connectivity index (χ0) is 18.1. The molecule has 3 nitrogen and oxygen atoms in total. The third-order valence-electron chi connectivity index (χ3n) is 3.98. The lowest BCUT2D eigenvalue weighted by molar-refractivity contribution is 0.0992. The molecule has 0 aliphatic heterocycles. The number of nitrogens with zero attached hydrogens (tertiary/aromatic N) is 2. The van der Waals surface area contributed by atoms with Gasteiger partial charge in [0.15, 0.2) is 23.2 Å². The van der Waals surface area contributed by atoms with Crippen LogP contribution in [0.1, 0.15) is 21.6 Å². The maximum Gasteiger partial charge on any atom is 0.194 e. The summed E-state index contributed by atoms with van der Waals surface area (Å²) in [6.07, 6.45) is 1.68. The SMILES string of the molecule is Cc1nn(C)cc1C(=O)Cc1ccccc1-c1cc(F)c(F)c(F)c1. The Morgan fingerprint density at radius 1 is 1.12 bits per heavy atom. The first-order valence-corrected chi connectivity index (χ1v) is 7.63. The molecule has 0 saturated carbocycles. The minimum absolute atomic E-state index is 0.0450. The second-order valence-electron chi connectivity index (χ2n) is 5.81. The standard InChI is InChI=1S/C19H15F3N2O/c1-11-15(10-24(2)23-11)18(25)9-12-5-3-4-6-14(12)13-7-16(20)19(22)17(21)8-13/h3-8,10H,9H2,1-2H3. The second kappa shape index (κ2) is 6.55. The van der Waals surface area contributed by atoms with Crippen LogP contribution in [0.4, 0.5) is 13.2 Å². The van der Waals surface area contributed by atoms with Gasteiger partial charge in [-0.2, -0.15) is 5.10 Å². The normalized spacial score (nSPS) is 10.9. The fourth-order valence-corrected chi connectivity index (χ4v) is 2.81. The van der Waals surface area contributed by atoms with E-state index >= 15 is 0 Å². The van der Waals surface area contributed by atoms with Gasteiger partial charge in [0.2, 0.25) is 0 Å². The molecule has 6 heteroatoms. The van der Waals surface area contributed by atoms with E-state index < -0.39 is 17.5 Å². The molecular formula is C19H15F3N2O. The molecule has 0 radical (unpaired) electrons. The maximum absolute atomic E-state index is 13.5. The monoisotopic (exact) mass is 344 g/mol. The Balaban J connectivity index is 1.99. The minimum Gasteiger partial charge on any atom is -0.294 e. The van der Waals surface area contributed by atoms with Gasteiger partial charge in [-0.15, -0.1) is 0 Å². The first-order chi connectivity index (χ1) is 11.9. The molecule has 0 spiro atoms. The average molecular weight is 344 g/mol. The Kier molecular flexibility index (Phi) is 4.44. The van der Waals surface area contributed by atoms with Crippen molar-refractivity contribution in [3.8, 4) is 11.1 Å². The second-order valence-corrected chi connectivity index (χ2v) is 5.81. The molecule has 0 atom stereocenters. The first-order valence-electron chi connectivity index (χ1n) is 7.63. The van der Waals surface area contributed by atoms with Crippen LogP contribution >= 0.6 is 0 Å². The molecule has 0 amide bonds. The number of ketones is 1. The zero-order valence-corrected chi connectivity index (χ0v) is 13.7. The van der Waals surface area contributed by atoms with Crippen LogP contribution < -0.4 is 0 Å². The molecule has 1 heterocycles. The van der Waals surface area contributed by atoms with Crippen molar-refractivity contribution in [2.75, 3.05) is 0 Å². The van der Waals surface area contributed by atoms with Gasteiger partial charge < -0.3 is 0 Å². The van der Waals surface area contributed by atoms with Crippen LogP contribution in [0, 0.1) is 24.4 Å². The molecule has 2 aromatic carbocycles. The van der Waals surface area contributed by atoms with E-state index in [0.717, 1.165) is 12.1 Å². The van der Waals surface area contributed by atoms with E-state index in [9.17, 15) is 18.0 Å². The Labute approximate surface area is 142 Å². The summed E-state index contributed by atoms with van der Waals surface area (Å²) >= 11 is 0. The molecule has 25 heavy (non-hydrogen) atoms. The number of benzene rings is 2. The van der Waals surface area contributed by atoms with E-state index in [4.69, 9.17) is 0 Å². The molecule has 0 aliphatic carbocycles. The van der Waals surface area contributed by atoms with Crippen LogP contribution in [0.5, 0.6) is 0 Å². The number of rotatable bonds is 4. The molecular weight excluding hydrogens is 329 g/mol. The lowest BCUT2D eigenvalue weighted by atomic mass is 9.94. The molecule has 0 saturated heterocycles. The van der Waals surface area contributed by atoms with Crippen molar-refractivity contribution >= 4 is 5.78 Å². The lowest BCUT2D eigenvalue weighted by Gasteiger charge is -2.10. The maximum atomic E-state index is 13.5. The van der Waals surface area contributed by atoms with E-state index in [-0.39, 0.29) is 17.8 Å². The van der Waals surface area contributed by atoms with Crippen LogP contribution in [0.25, 0.3) is 11.1 Å². The smallest absolute Gasteiger partial charge is 0.194 e. The number of carbonyl (C=O) groups is 1. The van der Waals surface area contributed by atoms with Crippen molar-refractivity contribution in [1.29, 1.82) is 0 Å². The summed E-state index contributed by atoms with van der Waals surface area (Å²) in [5, 5.41) is 4.14. The minimum atomic E-state index is -1.51. The van der Waals surface area contributed by atoms with E-state index in [1.54, 1.807) is 49.1 Å². The van der Waals surface area contributed by atoms with Crippen LogP contribution in [0.2, 0.25) is 0 Å². The Hall–Kier alpha value is -2.89. The highest BCUT2D eigenvalue weighted by molar-refractivity contribution is 5.99. The van der Waals surface area contributed by atoms with E-state index in [1.807, 2.05) is 0 Å². The summed E-state index contributed by atoms with van der Waals surface area (Å²) < 4.78 is 41.8. The van der Waals surface area contributed by atoms with E-state index in [0.29, 0.717) is 22.4 Å². The van der Waals surface area contributed by atoms with Gasteiger partial charge in [0.25, 0.3) is 0 Å². The van der Waals surface area contributed by atoms with Crippen LogP contribution in [-0.4, -0.2) is 15.6 Å². The largest absolute Gasteiger partial charge is 0.294 e. The average Bonchev–Trinajstić information content (AvgIpc) is 2.91. The van der Waals surface area contributed by atoms with Crippen LogP contribution in [0.3, 0.4) is 0 Å². The van der Waals surface area contributed by atoms with Gasteiger partial charge in [0.05, 0.1) is 11.3 Å². The number of hydrogen-bond acceptors (Lipinski definition) is 2. The molecule has 0 fully saturated rings. The number of halogens is 3. The van der Waals surface area contributed by atoms with Gasteiger partial charge in [-0.1, -0.05) is 24.3 Å². The molecule has 1 aromatic heterocycles. The third kappa shape index (κ3) is 3.33. The van der Waals surface area contributed by atoms with Gasteiger partial charge in [-0.05, 0) is 35.7 Å². The summed E-state index contributed by atoms with van der Waals surface area (Å²) in [4.78, 5) is 12.6. The van der Waals surface area contributed by atoms with Crippen LogP contribution in [0.15, 0.2) is 42.6 Å². The molecule has 128 valence electrons. The van der Waals surface area contributed by atoms with Crippen LogP contribution in [-0.2, 0) is 13.5 Å². The summed E-state index contributed by atoms with van der Waals surface area (Å²) in [5.41, 5.74) is 2.37. The van der Waals surface area contributed by atoms with Crippen molar-refractivity contribution in [3.05, 3.63) is 76.9 Å². The highest BCUT2D eigenvalue weighted by Crippen LogP contribution is 2.28. The lowest BCUT2D eigenvalue weighted by Crippen LogP contribution is -2.05.